The molecule has 0 fully saturated rings. The molecule has 3 N–H and O–H groups in total. The van der Waals surface area contributed by atoms with Crippen molar-refractivity contribution in [2.24, 2.45) is 7.05 Å². The Bertz CT molecular complexity index is 499. The second-order valence-corrected chi connectivity index (χ2v) is 2.79. The van der Waals surface area contributed by atoms with Crippen LogP contribution >= 0.6 is 0 Å². The number of aromatic nitrogens is 5. The number of aryl methyl sites for hydroxylation is 1. The van der Waals surface area contributed by atoms with E-state index in [9.17, 15) is 4.79 Å². The quantitative estimate of drug-likeness (QED) is 0.612. The maximum absolute atomic E-state index is 11.1. The van der Waals surface area contributed by atoms with Crippen LogP contribution in [0.15, 0.2) is 17.2 Å². The van der Waals surface area contributed by atoms with Crippen LogP contribution in [0.2, 0.25) is 0 Å². The van der Waals surface area contributed by atoms with Crippen molar-refractivity contribution < 1.29 is 0 Å². The van der Waals surface area contributed by atoms with Crippen LogP contribution in [0.1, 0.15) is 0 Å². The molecule has 72 valence electrons. The molecular formula is C7H8N6O. The van der Waals surface area contributed by atoms with Gasteiger partial charge < -0.3 is 10.3 Å². The second-order valence-electron chi connectivity index (χ2n) is 2.79. The van der Waals surface area contributed by atoms with E-state index in [2.05, 4.69) is 20.4 Å². The number of nitrogens with two attached hydrogens (primary N) is 1. The van der Waals surface area contributed by atoms with E-state index in [0.29, 0.717) is 11.3 Å². The van der Waals surface area contributed by atoms with E-state index in [1.165, 1.54) is 4.57 Å². The third-order valence-corrected chi connectivity index (χ3v) is 1.81. The van der Waals surface area contributed by atoms with Crippen molar-refractivity contribution in [3.8, 4) is 11.3 Å². The van der Waals surface area contributed by atoms with Gasteiger partial charge in [-0.05, 0) is 0 Å². The summed E-state index contributed by atoms with van der Waals surface area (Å²) < 4.78 is 1.33. The van der Waals surface area contributed by atoms with E-state index < -0.39 is 5.69 Å². The maximum atomic E-state index is 11.1. The van der Waals surface area contributed by atoms with E-state index in [1.54, 1.807) is 19.4 Å². The summed E-state index contributed by atoms with van der Waals surface area (Å²) in [7, 11) is 1.60. The molecule has 0 amide bonds. The predicted molar refractivity (Wildman–Crippen MR) is 49.3 cm³/mol. The zero-order chi connectivity index (χ0) is 10.1. The topological polar surface area (TPSA) is 102 Å². The number of aromatic amines is 1. The van der Waals surface area contributed by atoms with Crippen LogP contribution in [0, 0.1) is 0 Å². The van der Waals surface area contributed by atoms with Gasteiger partial charge in [0.1, 0.15) is 11.5 Å². The second kappa shape index (κ2) is 2.95. The van der Waals surface area contributed by atoms with Crippen LogP contribution in [0.3, 0.4) is 0 Å². The van der Waals surface area contributed by atoms with Gasteiger partial charge in [0.25, 0.3) is 0 Å². The summed E-state index contributed by atoms with van der Waals surface area (Å²) in [5.41, 5.74) is 6.33. The van der Waals surface area contributed by atoms with Crippen LogP contribution in [-0.2, 0) is 7.05 Å². The third kappa shape index (κ3) is 1.24. The van der Waals surface area contributed by atoms with Crippen LogP contribution in [0.25, 0.3) is 11.3 Å². The van der Waals surface area contributed by atoms with Crippen molar-refractivity contribution in [3.05, 3.63) is 22.9 Å². The summed E-state index contributed by atoms with van der Waals surface area (Å²) in [5.74, 6) is 0.155. The first-order valence-electron chi connectivity index (χ1n) is 3.88. The standard InChI is InChI=1S/C7H8N6O/c1-13-3-4(5-2-9-12-11-5)6(8)10-7(13)14/h2-3H,1H3,(H2,8,10,14)(H,9,11,12). The van der Waals surface area contributed by atoms with E-state index in [4.69, 9.17) is 5.73 Å². The Morgan fingerprint density at radius 1 is 1.57 bits per heavy atom. The number of H-pyrrole nitrogens is 1. The Hall–Kier alpha value is -2.18. The van der Waals surface area contributed by atoms with E-state index in [-0.39, 0.29) is 5.82 Å². The molecule has 0 aliphatic rings. The highest BCUT2D eigenvalue weighted by molar-refractivity contribution is 5.68. The maximum Gasteiger partial charge on any atom is 0.349 e. The average molecular weight is 192 g/mol. The van der Waals surface area contributed by atoms with Gasteiger partial charge in [-0.15, -0.1) is 5.10 Å². The molecule has 0 spiro atoms. The highest BCUT2D eigenvalue weighted by Crippen LogP contribution is 2.18. The van der Waals surface area contributed by atoms with Gasteiger partial charge in [0.05, 0.1) is 11.8 Å². The molecule has 7 heteroatoms. The van der Waals surface area contributed by atoms with Crippen molar-refractivity contribution in [1.82, 2.24) is 25.0 Å². The Kier molecular flexibility index (Phi) is 1.77. The summed E-state index contributed by atoms with van der Waals surface area (Å²) in [6.07, 6.45) is 3.15. The number of nitrogens with one attached hydrogen (secondary N) is 1. The van der Waals surface area contributed by atoms with Crippen molar-refractivity contribution >= 4 is 5.82 Å². The molecule has 2 heterocycles. The monoisotopic (exact) mass is 192 g/mol. The lowest BCUT2D eigenvalue weighted by atomic mass is 10.2. The van der Waals surface area contributed by atoms with Gasteiger partial charge in [-0.3, -0.25) is 5.10 Å². The molecule has 0 radical (unpaired) electrons. The van der Waals surface area contributed by atoms with Crippen molar-refractivity contribution in [2.75, 3.05) is 5.73 Å². The summed E-state index contributed by atoms with van der Waals surface area (Å²) in [4.78, 5) is 14.7. The zero-order valence-corrected chi connectivity index (χ0v) is 7.43. The van der Waals surface area contributed by atoms with Gasteiger partial charge in [-0.25, -0.2) is 4.79 Å². The van der Waals surface area contributed by atoms with Gasteiger partial charge >= 0.3 is 5.69 Å². The zero-order valence-electron chi connectivity index (χ0n) is 7.43. The van der Waals surface area contributed by atoms with Gasteiger partial charge in [0.15, 0.2) is 0 Å². The van der Waals surface area contributed by atoms with Crippen molar-refractivity contribution in [1.29, 1.82) is 0 Å². The first-order chi connectivity index (χ1) is 6.68. The molecule has 0 aliphatic heterocycles. The van der Waals surface area contributed by atoms with E-state index >= 15 is 0 Å². The molecule has 0 saturated heterocycles. The molecule has 14 heavy (non-hydrogen) atoms. The molecule has 2 aromatic rings. The lowest BCUT2D eigenvalue weighted by molar-refractivity contribution is 0.815. The molecule has 0 saturated carbocycles. The highest BCUT2D eigenvalue weighted by Gasteiger charge is 2.08. The minimum atomic E-state index is -0.394. The number of rotatable bonds is 1. The van der Waals surface area contributed by atoms with Crippen LogP contribution in [0.4, 0.5) is 5.82 Å². The number of nitrogens with zero attached hydrogens (tertiary/aromatic N) is 4. The third-order valence-electron chi connectivity index (χ3n) is 1.81. The smallest absolute Gasteiger partial charge is 0.349 e. The van der Waals surface area contributed by atoms with Crippen molar-refractivity contribution in [2.45, 2.75) is 0 Å². The Morgan fingerprint density at radius 2 is 2.36 bits per heavy atom. The predicted octanol–water partition coefficient (Wildman–Crippen LogP) is -0.852. The van der Waals surface area contributed by atoms with Crippen molar-refractivity contribution in [3.63, 3.8) is 0 Å². The van der Waals surface area contributed by atoms with E-state index in [0.717, 1.165) is 0 Å². The normalized spacial score (nSPS) is 10.4. The molecule has 7 nitrogen and oxygen atoms in total. The first kappa shape index (κ1) is 8.42. The Morgan fingerprint density at radius 3 is 3.00 bits per heavy atom. The summed E-state index contributed by atoms with van der Waals surface area (Å²) >= 11 is 0. The lowest BCUT2D eigenvalue weighted by Crippen LogP contribution is -2.21. The number of nitrogen functional groups attached to an aromatic ring is 1. The number of anilines is 1. The molecule has 0 aliphatic carbocycles. The fourth-order valence-electron chi connectivity index (χ4n) is 1.09. The molecule has 0 unspecified atom stereocenters. The molecule has 0 atom stereocenters. The molecule has 0 aromatic carbocycles. The van der Waals surface area contributed by atoms with Crippen LogP contribution < -0.4 is 11.4 Å². The van der Waals surface area contributed by atoms with Crippen LogP contribution in [-0.4, -0.2) is 25.0 Å². The number of hydrogen-bond donors (Lipinski definition) is 2. The van der Waals surface area contributed by atoms with Gasteiger partial charge in [0, 0.05) is 13.2 Å². The Balaban J connectivity index is 2.66. The highest BCUT2D eigenvalue weighted by atomic mass is 16.1. The van der Waals surface area contributed by atoms with Gasteiger partial charge in [-0.1, -0.05) is 5.21 Å². The fourth-order valence-corrected chi connectivity index (χ4v) is 1.09. The average Bonchev–Trinajstić information content (AvgIpc) is 2.64. The van der Waals surface area contributed by atoms with E-state index in [1.807, 2.05) is 0 Å². The van der Waals surface area contributed by atoms with Gasteiger partial charge in [0.2, 0.25) is 0 Å². The SMILES string of the molecule is Cn1cc(-c2c[nH]nn2)c(N)nc1=O. The van der Waals surface area contributed by atoms with Crippen LogP contribution in [0.5, 0.6) is 0 Å². The molecule has 2 aromatic heterocycles. The summed E-state index contributed by atoms with van der Waals surface area (Å²) in [5, 5.41) is 9.88. The number of hydrogen-bond acceptors (Lipinski definition) is 5. The largest absolute Gasteiger partial charge is 0.383 e. The molecule has 2 rings (SSSR count). The molecular weight excluding hydrogens is 184 g/mol. The van der Waals surface area contributed by atoms with Gasteiger partial charge in [-0.2, -0.15) is 4.98 Å². The fraction of sp³-hybridized carbons (Fsp3) is 0.143. The minimum absolute atomic E-state index is 0.155. The molecule has 0 bridgehead atoms. The summed E-state index contributed by atoms with van der Waals surface area (Å²) in [6, 6.07) is 0. The minimum Gasteiger partial charge on any atom is -0.383 e. The summed E-state index contributed by atoms with van der Waals surface area (Å²) in [6.45, 7) is 0. The first-order valence-corrected chi connectivity index (χ1v) is 3.88. The Labute approximate surface area is 78.6 Å². The lowest BCUT2D eigenvalue weighted by Gasteiger charge is -2.02.